The van der Waals surface area contributed by atoms with Gasteiger partial charge in [0, 0.05) is 31.7 Å². The van der Waals surface area contributed by atoms with E-state index in [0.717, 1.165) is 0 Å². The van der Waals surface area contributed by atoms with Crippen LogP contribution in [0.5, 0.6) is 0 Å². The molecule has 18 heavy (non-hydrogen) atoms. The minimum atomic E-state index is -0.536. The molecule has 2 N–H and O–H groups in total. The fraction of sp³-hybridized carbons (Fsp3) is 0.500. The van der Waals surface area contributed by atoms with Crippen molar-refractivity contribution in [2.45, 2.75) is 12.6 Å². The van der Waals surface area contributed by atoms with Gasteiger partial charge in [-0.2, -0.15) is 0 Å². The molecule has 1 atom stereocenters. The summed E-state index contributed by atoms with van der Waals surface area (Å²) < 4.78 is 33.1. The lowest BCUT2D eigenvalue weighted by molar-refractivity contribution is -0.0266. The molecule has 0 aliphatic carbocycles. The van der Waals surface area contributed by atoms with Gasteiger partial charge >= 0.3 is 0 Å². The van der Waals surface area contributed by atoms with Gasteiger partial charge in [-0.3, -0.25) is 4.90 Å². The van der Waals surface area contributed by atoms with Crippen molar-refractivity contribution in [1.82, 2.24) is 4.90 Å². The van der Waals surface area contributed by atoms with Crippen LogP contribution in [0.15, 0.2) is 16.6 Å². The number of ether oxygens (including phenoxy) is 1. The van der Waals surface area contributed by atoms with E-state index in [-0.39, 0.29) is 22.7 Å². The topological polar surface area (TPSA) is 38.5 Å². The molecule has 3 nitrogen and oxygen atoms in total. The zero-order chi connectivity index (χ0) is 13.1. The highest BCUT2D eigenvalue weighted by Gasteiger charge is 2.22. The number of nitrogens with two attached hydrogens (primary N) is 1. The van der Waals surface area contributed by atoms with Crippen molar-refractivity contribution < 1.29 is 13.5 Å². The Bertz CT molecular complexity index is 431. The van der Waals surface area contributed by atoms with Gasteiger partial charge in [-0.1, -0.05) is 0 Å². The van der Waals surface area contributed by atoms with Crippen LogP contribution in [0.2, 0.25) is 0 Å². The standard InChI is InChI=1S/C12H15BrF2N2O/c13-10-1-2-11(14)9(12(10)15)7-17-3-4-18-8(5-16)6-17/h1-2,8H,3-7,16H2. The highest BCUT2D eigenvalue weighted by Crippen LogP contribution is 2.23. The second-order valence-electron chi connectivity index (χ2n) is 4.29. The molecule has 6 heteroatoms. The molecule has 1 aliphatic rings. The molecular formula is C12H15BrF2N2O. The lowest BCUT2D eigenvalue weighted by atomic mass is 10.1. The summed E-state index contributed by atoms with van der Waals surface area (Å²) in [5.74, 6) is -1.06. The van der Waals surface area contributed by atoms with Gasteiger partial charge in [0.05, 0.1) is 17.2 Å². The Hall–Kier alpha value is -0.560. The van der Waals surface area contributed by atoms with Gasteiger partial charge in [0.2, 0.25) is 0 Å². The highest BCUT2D eigenvalue weighted by atomic mass is 79.9. The molecule has 1 fully saturated rings. The number of hydrogen-bond acceptors (Lipinski definition) is 3. The first-order chi connectivity index (χ1) is 8.61. The monoisotopic (exact) mass is 320 g/mol. The van der Waals surface area contributed by atoms with E-state index in [2.05, 4.69) is 15.9 Å². The Balaban J connectivity index is 2.11. The van der Waals surface area contributed by atoms with Gasteiger partial charge in [-0.05, 0) is 28.1 Å². The first-order valence-corrected chi connectivity index (χ1v) is 6.57. The van der Waals surface area contributed by atoms with Gasteiger partial charge in [-0.25, -0.2) is 8.78 Å². The largest absolute Gasteiger partial charge is 0.374 e. The number of benzene rings is 1. The molecule has 0 radical (unpaired) electrons. The van der Waals surface area contributed by atoms with Crippen molar-refractivity contribution in [3.63, 3.8) is 0 Å². The van der Waals surface area contributed by atoms with Crippen molar-refractivity contribution in [3.8, 4) is 0 Å². The third-order valence-corrected chi connectivity index (χ3v) is 3.62. The molecule has 0 spiro atoms. The van der Waals surface area contributed by atoms with E-state index in [4.69, 9.17) is 10.5 Å². The van der Waals surface area contributed by atoms with Crippen LogP contribution in [0.3, 0.4) is 0 Å². The molecule has 1 aliphatic heterocycles. The van der Waals surface area contributed by atoms with Gasteiger partial charge in [0.15, 0.2) is 0 Å². The minimum absolute atomic E-state index is 0.0583. The second-order valence-corrected chi connectivity index (χ2v) is 5.14. The molecule has 0 saturated carbocycles. The number of nitrogens with zero attached hydrogens (tertiary/aromatic N) is 1. The number of morpholine rings is 1. The average Bonchev–Trinajstić information content (AvgIpc) is 2.39. The third kappa shape index (κ3) is 3.06. The summed E-state index contributed by atoms with van der Waals surface area (Å²) in [7, 11) is 0. The van der Waals surface area contributed by atoms with E-state index >= 15 is 0 Å². The van der Waals surface area contributed by atoms with Crippen LogP contribution in [0.4, 0.5) is 8.78 Å². The molecule has 1 heterocycles. The maximum absolute atomic E-state index is 13.8. The summed E-state index contributed by atoms with van der Waals surface area (Å²) in [4.78, 5) is 1.95. The van der Waals surface area contributed by atoms with Crippen LogP contribution in [0, 0.1) is 11.6 Å². The van der Waals surface area contributed by atoms with E-state index in [1.807, 2.05) is 4.90 Å². The normalized spacial score (nSPS) is 21.2. The van der Waals surface area contributed by atoms with Crippen molar-refractivity contribution >= 4 is 15.9 Å². The SMILES string of the molecule is NCC1CN(Cc2c(F)ccc(Br)c2F)CCO1. The van der Waals surface area contributed by atoms with Gasteiger partial charge < -0.3 is 10.5 Å². The van der Waals surface area contributed by atoms with Crippen LogP contribution < -0.4 is 5.73 Å². The Labute approximate surface area is 113 Å². The van der Waals surface area contributed by atoms with Crippen LogP contribution in [0.25, 0.3) is 0 Å². The summed E-state index contributed by atoms with van der Waals surface area (Å²) in [6.45, 7) is 2.44. The van der Waals surface area contributed by atoms with E-state index < -0.39 is 11.6 Å². The fourth-order valence-corrected chi connectivity index (χ4v) is 2.38. The molecule has 1 aromatic rings. The van der Waals surface area contributed by atoms with Crippen molar-refractivity contribution in [2.75, 3.05) is 26.2 Å². The first-order valence-electron chi connectivity index (χ1n) is 5.78. The second kappa shape index (κ2) is 6.06. The quantitative estimate of drug-likeness (QED) is 0.864. The summed E-state index contributed by atoms with van der Waals surface area (Å²) >= 11 is 3.07. The summed E-state index contributed by atoms with van der Waals surface area (Å²) in [5.41, 5.74) is 5.62. The lowest BCUT2D eigenvalue weighted by Crippen LogP contribution is -2.45. The fourth-order valence-electron chi connectivity index (χ4n) is 2.00. The van der Waals surface area contributed by atoms with E-state index in [9.17, 15) is 8.78 Å². The van der Waals surface area contributed by atoms with Gasteiger partial charge in [0.25, 0.3) is 0 Å². The Kier molecular flexibility index (Phi) is 4.66. The lowest BCUT2D eigenvalue weighted by Gasteiger charge is -2.32. The Morgan fingerprint density at radius 3 is 2.94 bits per heavy atom. The zero-order valence-corrected chi connectivity index (χ0v) is 11.4. The predicted molar refractivity (Wildman–Crippen MR) is 68.1 cm³/mol. The maximum Gasteiger partial charge on any atom is 0.144 e. The van der Waals surface area contributed by atoms with Gasteiger partial charge in [0.1, 0.15) is 11.6 Å². The predicted octanol–water partition coefficient (Wildman–Crippen LogP) is 1.89. The Morgan fingerprint density at radius 1 is 1.44 bits per heavy atom. The van der Waals surface area contributed by atoms with Crippen molar-refractivity contribution in [2.24, 2.45) is 5.73 Å². The smallest absolute Gasteiger partial charge is 0.144 e. The molecule has 1 unspecified atom stereocenters. The number of rotatable bonds is 3. The van der Waals surface area contributed by atoms with Crippen molar-refractivity contribution in [1.29, 1.82) is 0 Å². The van der Waals surface area contributed by atoms with E-state index in [0.29, 0.717) is 26.2 Å². The third-order valence-electron chi connectivity index (χ3n) is 3.01. The molecule has 1 saturated heterocycles. The summed E-state index contributed by atoms with van der Waals surface area (Å²) in [6.07, 6.45) is -0.0583. The number of hydrogen-bond donors (Lipinski definition) is 1. The van der Waals surface area contributed by atoms with E-state index in [1.54, 1.807) is 0 Å². The van der Waals surface area contributed by atoms with E-state index in [1.165, 1.54) is 12.1 Å². The molecule has 2 rings (SSSR count). The Morgan fingerprint density at radius 2 is 2.22 bits per heavy atom. The molecular weight excluding hydrogens is 306 g/mol. The first kappa shape index (κ1) is 13.9. The van der Waals surface area contributed by atoms with Crippen LogP contribution in [-0.2, 0) is 11.3 Å². The average molecular weight is 321 g/mol. The maximum atomic E-state index is 13.8. The summed E-state index contributed by atoms with van der Waals surface area (Å²) in [5, 5.41) is 0. The molecule has 1 aromatic carbocycles. The molecule has 0 aromatic heterocycles. The summed E-state index contributed by atoms with van der Waals surface area (Å²) in [6, 6.07) is 2.64. The van der Waals surface area contributed by atoms with Crippen LogP contribution >= 0.6 is 15.9 Å². The molecule has 100 valence electrons. The zero-order valence-electron chi connectivity index (χ0n) is 9.83. The van der Waals surface area contributed by atoms with Crippen LogP contribution in [0.1, 0.15) is 5.56 Å². The highest BCUT2D eigenvalue weighted by molar-refractivity contribution is 9.10. The minimum Gasteiger partial charge on any atom is -0.374 e. The van der Waals surface area contributed by atoms with Crippen LogP contribution in [-0.4, -0.2) is 37.2 Å². The van der Waals surface area contributed by atoms with Crippen molar-refractivity contribution in [3.05, 3.63) is 33.8 Å². The molecule has 0 bridgehead atoms. The number of halogens is 3. The molecule has 0 amide bonds. The van der Waals surface area contributed by atoms with Gasteiger partial charge in [-0.15, -0.1) is 0 Å².